The third kappa shape index (κ3) is 3.38. The topological polar surface area (TPSA) is 72.1 Å². The number of hydrogen-bond acceptors (Lipinski definition) is 5. The highest BCUT2D eigenvalue weighted by molar-refractivity contribution is 8.00. The van der Waals surface area contributed by atoms with E-state index in [9.17, 15) is 4.79 Å². The Bertz CT molecular complexity index is 744. The predicted octanol–water partition coefficient (Wildman–Crippen LogP) is 3.22. The van der Waals surface area contributed by atoms with Crippen LogP contribution in [0, 0.1) is 6.92 Å². The van der Waals surface area contributed by atoms with Crippen molar-refractivity contribution in [2.75, 3.05) is 10.6 Å². The van der Waals surface area contributed by atoms with E-state index in [1.54, 1.807) is 6.07 Å². The number of rotatable bonds is 3. The van der Waals surface area contributed by atoms with Gasteiger partial charge in [0.1, 0.15) is 5.82 Å². The number of carbonyl (C=O) groups excluding carboxylic acids is 1. The third-order valence-corrected chi connectivity index (χ3v) is 5.19. The first kappa shape index (κ1) is 16.8. The molecule has 1 aliphatic rings. The van der Waals surface area contributed by atoms with Crippen LogP contribution >= 0.6 is 11.8 Å². The largest absolute Gasteiger partial charge is 0.384 e. The van der Waals surface area contributed by atoms with Crippen molar-refractivity contribution in [3.63, 3.8) is 0 Å². The lowest BCUT2D eigenvalue weighted by Gasteiger charge is -2.36. The van der Waals surface area contributed by atoms with E-state index >= 15 is 0 Å². The quantitative estimate of drug-likeness (QED) is 0.685. The van der Waals surface area contributed by atoms with Gasteiger partial charge in [-0.3, -0.25) is 4.79 Å². The van der Waals surface area contributed by atoms with Gasteiger partial charge >= 0.3 is 0 Å². The second kappa shape index (κ2) is 6.81. The molecule has 0 radical (unpaired) electrons. The molecule has 0 saturated carbocycles. The van der Waals surface area contributed by atoms with Crippen LogP contribution in [-0.2, 0) is 11.2 Å². The molecule has 6 heteroatoms. The van der Waals surface area contributed by atoms with Crippen LogP contribution in [0.5, 0.6) is 0 Å². The maximum absolute atomic E-state index is 13.1. The minimum atomic E-state index is -0.278. The molecular weight excluding hydrogens is 320 g/mol. The highest BCUT2D eigenvalue weighted by Crippen LogP contribution is 2.33. The molecular formula is C18H22N4OS. The molecule has 2 atom stereocenters. The highest BCUT2D eigenvalue weighted by Gasteiger charge is 2.31. The Kier molecular flexibility index (Phi) is 4.76. The molecule has 0 bridgehead atoms. The van der Waals surface area contributed by atoms with Crippen molar-refractivity contribution in [2.45, 2.75) is 50.1 Å². The van der Waals surface area contributed by atoms with Crippen molar-refractivity contribution in [1.29, 1.82) is 0 Å². The Morgan fingerprint density at radius 2 is 2.12 bits per heavy atom. The first-order valence-electron chi connectivity index (χ1n) is 8.14. The first-order chi connectivity index (χ1) is 11.5. The van der Waals surface area contributed by atoms with Crippen molar-refractivity contribution in [3.05, 3.63) is 41.6 Å². The Hall–Kier alpha value is -2.08. The van der Waals surface area contributed by atoms with Gasteiger partial charge in [0, 0.05) is 23.5 Å². The molecule has 2 heterocycles. The summed E-state index contributed by atoms with van der Waals surface area (Å²) in [5, 5.41) is 0.270. The van der Waals surface area contributed by atoms with Crippen LogP contribution in [0.1, 0.15) is 31.5 Å². The molecule has 3 rings (SSSR count). The number of anilines is 2. The second-order valence-electron chi connectivity index (χ2n) is 6.20. The van der Waals surface area contributed by atoms with Gasteiger partial charge in [0.15, 0.2) is 5.16 Å². The van der Waals surface area contributed by atoms with Gasteiger partial charge in [0.05, 0.1) is 5.25 Å². The Labute approximate surface area is 146 Å². The molecule has 2 aromatic rings. The summed E-state index contributed by atoms with van der Waals surface area (Å²) < 4.78 is 0. The molecule has 1 aliphatic heterocycles. The number of hydrogen-bond donors (Lipinski definition) is 1. The van der Waals surface area contributed by atoms with Crippen LogP contribution in [0.3, 0.4) is 0 Å². The number of benzene rings is 1. The van der Waals surface area contributed by atoms with E-state index < -0.39 is 0 Å². The van der Waals surface area contributed by atoms with Gasteiger partial charge in [-0.1, -0.05) is 30.0 Å². The van der Waals surface area contributed by atoms with Crippen LogP contribution in [-0.4, -0.2) is 27.2 Å². The number of nitrogens with two attached hydrogens (primary N) is 1. The molecule has 0 fully saturated rings. The lowest BCUT2D eigenvalue weighted by atomic mass is 9.96. The maximum Gasteiger partial charge on any atom is 0.240 e. The molecule has 0 aliphatic carbocycles. The Balaban J connectivity index is 1.83. The number of nitrogens with zero attached hydrogens (tertiary/aromatic N) is 3. The SMILES string of the molecule is Cc1cc(N)nc(S[C@H](C)C(=O)N2c3ccccc3CC[C@H]2C)n1. The molecule has 24 heavy (non-hydrogen) atoms. The molecule has 1 aromatic heterocycles. The highest BCUT2D eigenvalue weighted by atomic mass is 32.2. The zero-order chi connectivity index (χ0) is 17.3. The number of aromatic nitrogens is 2. The number of thioether (sulfide) groups is 1. The Morgan fingerprint density at radius 3 is 2.88 bits per heavy atom. The summed E-state index contributed by atoms with van der Waals surface area (Å²) in [6.45, 7) is 5.88. The number of aryl methyl sites for hydroxylation is 2. The number of amides is 1. The lowest BCUT2D eigenvalue weighted by molar-refractivity contribution is -0.118. The van der Waals surface area contributed by atoms with Crippen LogP contribution in [0.25, 0.3) is 0 Å². The minimum Gasteiger partial charge on any atom is -0.384 e. The summed E-state index contributed by atoms with van der Waals surface area (Å²) in [6, 6.07) is 10.1. The molecule has 0 spiro atoms. The fourth-order valence-electron chi connectivity index (χ4n) is 3.05. The van der Waals surface area contributed by atoms with Gasteiger partial charge in [0.25, 0.3) is 0 Å². The van der Waals surface area contributed by atoms with Gasteiger partial charge in [-0.25, -0.2) is 9.97 Å². The van der Waals surface area contributed by atoms with Crippen molar-refractivity contribution in [1.82, 2.24) is 9.97 Å². The summed E-state index contributed by atoms with van der Waals surface area (Å²) in [7, 11) is 0. The van der Waals surface area contributed by atoms with Gasteiger partial charge in [-0.2, -0.15) is 0 Å². The van der Waals surface area contributed by atoms with E-state index in [-0.39, 0.29) is 17.2 Å². The van der Waals surface area contributed by atoms with Crippen molar-refractivity contribution < 1.29 is 4.79 Å². The normalized spacial score (nSPS) is 18.1. The monoisotopic (exact) mass is 342 g/mol. The molecule has 0 unspecified atom stereocenters. The maximum atomic E-state index is 13.1. The average Bonchev–Trinajstić information content (AvgIpc) is 2.53. The third-order valence-electron chi connectivity index (χ3n) is 4.24. The van der Waals surface area contributed by atoms with Gasteiger partial charge in [0.2, 0.25) is 5.91 Å². The molecule has 126 valence electrons. The van der Waals surface area contributed by atoms with Crippen LogP contribution in [0.15, 0.2) is 35.5 Å². The van der Waals surface area contributed by atoms with E-state index in [2.05, 4.69) is 23.0 Å². The van der Waals surface area contributed by atoms with Crippen LogP contribution in [0.4, 0.5) is 11.5 Å². The Morgan fingerprint density at radius 1 is 1.38 bits per heavy atom. The van der Waals surface area contributed by atoms with Crippen molar-refractivity contribution >= 4 is 29.2 Å². The fraction of sp³-hybridized carbons (Fsp3) is 0.389. The molecule has 1 amide bonds. The summed E-state index contributed by atoms with van der Waals surface area (Å²) in [4.78, 5) is 23.6. The fourth-order valence-corrected chi connectivity index (χ4v) is 3.93. The lowest BCUT2D eigenvalue weighted by Crippen LogP contribution is -2.45. The average molecular weight is 342 g/mol. The zero-order valence-electron chi connectivity index (χ0n) is 14.2. The second-order valence-corrected chi connectivity index (χ2v) is 7.51. The van der Waals surface area contributed by atoms with E-state index in [0.717, 1.165) is 24.2 Å². The smallest absolute Gasteiger partial charge is 0.240 e. The summed E-state index contributed by atoms with van der Waals surface area (Å²) >= 11 is 1.36. The van der Waals surface area contributed by atoms with Crippen LogP contribution < -0.4 is 10.6 Å². The number of fused-ring (bicyclic) bond motifs is 1. The van der Waals surface area contributed by atoms with Crippen molar-refractivity contribution in [3.8, 4) is 0 Å². The number of para-hydroxylation sites is 1. The minimum absolute atomic E-state index is 0.0864. The number of nitrogen functional groups attached to an aromatic ring is 1. The van der Waals surface area contributed by atoms with E-state index in [1.165, 1.54) is 17.3 Å². The number of carbonyl (C=O) groups is 1. The van der Waals surface area contributed by atoms with Gasteiger partial charge in [-0.15, -0.1) is 0 Å². The zero-order valence-corrected chi connectivity index (χ0v) is 15.0. The van der Waals surface area contributed by atoms with E-state index in [4.69, 9.17) is 5.73 Å². The van der Waals surface area contributed by atoms with E-state index in [1.807, 2.05) is 36.9 Å². The summed E-state index contributed by atoms with van der Waals surface area (Å²) in [5.74, 6) is 0.518. The molecule has 5 nitrogen and oxygen atoms in total. The molecule has 0 saturated heterocycles. The van der Waals surface area contributed by atoms with Crippen LogP contribution in [0.2, 0.25) is 0 Å². The van der Waals surface area contributed by atoms with Gasteiger partial charge < -0.3 is 10.6 Å². The predicted molar refractivity (Wildman–Crippen MR) is 98.2 cm³/mol. The van der Waals surface area contributed by atoms with E-state index in [0.29, 0.717) is 11.0 Å². The summed E-state index contributed by atoms with van der Waals surface area (Å²) in [6.07, 6.45) is 1.99. The standard InChI is InChI=1S/C18H22N4OS/c1-11-10-16(19)21-18(20-11)24-13(3)17(23)22-12(2)8-9-14-6-4-5-7-15(14)22/h4-7,10,12-13H,8-9H2,1-3H3,(H2,19,20,21)/t12-,13-/m1/s1. The van der Waals surface area contributed by atoms with Crippen molar-refractivity contribution in [2.24, 2.45) is 0 Å². The first-order valence-corrected chi connectivity index (χ1v) is 9.02. The molecule has 1 aromatic carbocycles. The van der Waals surface area contributed by atoms with Gasteiger partial charge in [-0.05, 0) is 45.2 Å². The molecule has 2 N–H and O–H groups in total. The summed E-state index contributed by atoms with van der Waals surface area (Å²) in [5.41, 5.74) is 8.85.